The molecule has 0 unspecified atom stereocenters. The highest BCUT2D eigenvalue weighted by Gasteiger charge is 2.27. The van der Waals surface area contributed by atoms with Crippen LogP contribution in [0.1, 0.15) is 27.6 Å². The maximum Gasteiger partial charge on any atom is 0.260 e. The summed E-state index contributed by atoms with van der Waals surface area (Å²) in [6, 6.07) is 16.3. The van der Waals surface area contributed by atoms with E-state index in [2.05, 4.69) is 22.1 Å². The first-order chi connectivity index (χ1) is 15.1. The molecular formula is C24H19N3O3S. The van der Waals surface area contributed by atoms with Crippen molar-refractivity contribution < 1.29 is 14.3 Å². The molecule has 0 fully saturated rings. The van der Waals surface area contributed by atoms with Crippen LogP contribution in [-0.2, 0) is 0 Å². The second-order valence-electron chi connectivity index (χ2n) is 6.64. The van der Waals surface area contributed by atoms with Crippen LogP contribution < -0.4 is 15.0 Å². The fourth-order valence-corrected chi connectivity index (χ4v) is 4.27. The molecule has 1 aliphatic heterocycles. The van der Waals surface area contributed by atoms with Gasteiger partial charge < -0.3 is 10.1 Å². The van der Waals surface area contributed by atoms with Crippen molar-refractivity contribution >= 4 is 35.0 Å². The van der Waals surface area contributed by atoms with E-state index in [1.165, 1.54) is 25.1 Å². The number of fused-ring (bicyclic) bond motifs is 2. The number of methoxy groups -OCH3 is 1. The summed E-state index contributed by atoms with van der Waals surface area (Å²) in [5.41, 5.74) is 2.44. The number of amides is 2. The number of pyridine rings is 1. The molecule has 0 saturated heterocycles. The van der Waals surface area contributed by atoms with Crippen LogP contribution in [-0.4, -0.2) is 30.5 Å². The van der Waals surface area contributed by atoms with Gasteiger partial charge in [-0.15, -0.1) is 5.92 Å². The Morgan fingerprint density at radius 3 is 2.74 bits per heavy atom. The van der Waals surface area contributed by atoms with Crippen molar-refractivity contribution in [1.29, 1.82) is 0 Å². The van der Waals surface area contributed by atoms with Crippen LogP contribution in [0.3, 0.4) is 0 Å². The van der Waals surface area contributed by atoms with E-state index in [-0.39, 0.29) is 11.8 Å². The number of carbonyl (C=O) groups excluding carboxylic acids is 2. The summed E-state index contributed by atoms with van der Waals surface area (Å²) in [6.07, 6.45) is 1.46. The SMILES string of the molecule is CC#CCN1C(=O)c2ccccc2Sc2cc(NC(=O)c3ccc(OC)nc3)ccc21. The quantitative estimate of drug-likeness (QED) is 0.620. The number of anilines is 2. The minimum Gasteiger partial charge on any atom is -0.481 e. The van der Waals surface area contributed by atoms with Gasteiger partial charge in [0.2, 0.25) is 5.88 Å². The van der Waals surface area contributed by atoms with E-state index < -0.39 is 0 Å². The summed E-state index contributed by atoms with van der Waals surface area (Å²) in [7, 11) is 1.52. The summed E-state index contributed by atoms with van der Waals surface area (Å²) >= 11 is 1.50. The second kappa shape index (κ2) is 8.94. The van der Waals surface area contributed by atoms with E-state index in [1.54, 1.807) is 30.0 Å². The van der Waals surface area contributed by atoms with E-state index >= 15 is 0 Å². The number of hydrogen-bond acceptors (Lipinski definition) is 5. The normalized spacial score (nSPS) is 12.1. The van der Waals surface area contributed by atoms with Gasteiger partial charge in [0.25, 0.3) is 11.8 Å². The number of benzene rings is 2. The molecule has 0 spiro atoms. The van der Waals surface area contributed by atoms with Gasteiger partial charge in [-0.2, -0.15) is 0 Å². The fourth-order valence-electron chi connectivity index (χ4n) is 3.16. The zero-order valence-corrected chi connectivity index (χ0v) is 17.8. The third-order valence-electron chi connectivity index (χ3n) is 4.71. The van der Waals surface area contributed by atoms with Gasteiger partial charge in [0.1, 0.15) is 0 Å². The van der Waals surface area contributed by atoms with Gasteiger partial charge in [-0.3, -0.25) is 14.5 Å². The Labute approximate surface area is 184 Å². The van der Waals surface area contributed by atoms with E-state index in [0.29, 0.717) is 29.2 Å². The molecule has 2 heterocycles. The van der Waals surface area contributed by atoms with Crippen molar-refractivity contribution in [3.8, 4) is 17.7 Å². The largest absolute Gasteiger partial charge is 0.481 e. The van der Waals surface area contributed by atoms with Crippen molar-refractivity contribution in [3.05, 3.63) is 71.9 Å². The molecule has 2 amide bonds. The van der Waals surface area contributed by atoms with Gasteiger partial charge in [0.15, 0.2) is 0 Å². The van der Waals surface area contributed by atoms with Crippen LogP contribution in [0, 0.1) is 11.8 Å². The standard InChI is InChI=1S/C24H19N3O3S/c1-3-4-13-27-19-11-10-17(26-23(28)16-9-12-22(30-2)25-15-16)14-21(19)31-20-8-6-5-7-18(20)24(27)29/h5-12,14-15H,13H2,1-2H3,(H,26,28). The number of aromatic nitrogens is 1. The monoisotopic (exact) mass is 429 g/mol. The minimum absolute atomic E-state index is 0.0920. The first kappa shape index (κ1) is 20.5. The average molecular weight is 430 g/mol. The highest BCUT2D eigenvalue weighted by Crippen LogP contribution is 2.42. The summed E-state index contributed by atoms with van der Waals surface area (Å²) < 4.78 is 5.03. The lowest BCUT2D eigenvalue weighted by Gasteiger charge is -2.21. The Hall–Kier alpha value is -3.76. The number of nitrogens with one attached hydrogen (secondary N) is 1. The molecule has 31 heavy (non-hydrogen) atoms. The Morgan fingerprint density at radius 1 is 1.16 bits per heavy atom. The molecule has 1 aliphatic rings. The Kier molecular flexibility index (Phi) is 5.92. The summed E-state index contributed by atoms with van der Waals surface area (Å²) in [6.45, 7) is 2.04. The molecule has 2 aromatic carbocycles. The summed E-state index contributed by atoms with van der Waals surface area (Å²) in [4.78, 5) is 33.3. The third-order valence-corrected chi connectivity index (χ3v) is 5.84. The zero-order valence-electron chi connectivity index (χ0n) is 17.0. The van der Waals surface area contributed by atoms with E-state index in [1.807, 2.05) is 36.4 Å². The van der Waals surface area contributed by atoms with Crippen molar-refractivity contribution in [2.24, 2.45) is 0 Å². The van der Waals surface area contributed by atoms with E-state index in [9.17, 15) is 9.59 Å². The predicted molar refractivity (Wildman–Crippen MR) is 121 cm³/mol. The predicted octanol–water partition coefficient (Wildman–Crippen LogP) is 4.48. The Balaban J connectivity index is 1.67. The first-order valence-corrected chi connectivity index (χ1v) is 10.4. The van der Waals surface area contributed by atoms with Gasteiger partial charge >= 0.3 is 0 Å². The molecule has 0 atom stereocenters. The lowest BCUT2D eigenvalue weighted by Crippen LogP contribution is -2.31. The fraction of sp³-hybridized carbons (Fsp3) is 0.125. The molecule has 0 radical (unpaired) electrons. The molecule has 1 N–H and O–H groups in total. The number of carbonyl (C=O) groups is 2. The molecule has 0 aliphatic carbocycles. The summed E-state index contributed by atoms with van der Waals surface area (Å²) in [5.74, 6) is 5.91. The molecule has 0 saturated carbocycles. The first-order valence-electron chi connectivity index (χ1n) is 9.54. The Morgan fingerprint density at radius 2 is 2.00 bits per heavy atom. The van der Waals surface area contributed by atoms with Crippen LogP contribution in [0.15, 0.2) is 70.6 Å². The smallest absolute Gasteiger partial charge is 0.260 e. The number of hydrogen-bond donors (Lipinski definition) is 1. The van der Waals surface area contributed by atoms with Crippen molar-refractivity contribution in [3.63, 3.8) is 0 Å². The molecule has 6 nitrogen and oxygen atoms in total. The topological polar surface area (TPSA) is 71.5 Å². The van der Waals surface area contributed by atoms with Gasteiger partial charge in [-0.05, 0) is 43.3 Å². The lowest BCUT2D eigenvalue weighted by molar-refractivity contribution is 0.0985. The maximum absolute atomic E-state index is 13.2. The highest BCUT2D eigenvalue weighted by molar-refractivity contribution is 7.99. The molecular weight excluding hydrogens is 410 g/mol. The van der Waals surface area contributed by atoms with Crippen molar-refractivity contribution in [1.82, 2.24) is 4.98 Å². The van der Waals surface area contributed by atoms with Crippen LogP contribution in [0.25, 0.3) is 0 Å². The van der Waals surface area contributed by atoms with Gasteiger partial charge in [0, 0.05) is 27.7 Å². The molecule has 0 bridgehead atoms. The van der Waals surface area contributed by atoms with Crippen LogP contribution in [0.4, 0.5) is 11.4 Å². The van der Waals surface area contributed by atoms with Crippen molar-refractivity contribution in [2.45, 2.75) is 16.7 Å². The lowest BCUT2D eigenvalue weighted by atomic mass is 10.1. The number of nitrogens with zero attached hydrogens (tertiary/aromatic N) is 2. The van der Waals surface area contributed by atoms with E-state index in [4.69, 9.17) is 4.74 Å². The van der Waals surface area contributed by atoms with E-state index in [0.717, 1.165) is 15.5 Å². The molecule has 3 aromatic rings. The second-order valence-corrected chi connectivity index (χ2v) is 7.73. The van der Waals surface area contributed by atoms with Gasteiger partial charge in [-0.25, -0.2) is 4.98 Å². The molecule has 7 heteroatoms. The highest BCUT2D eigenvalue weighted by atomic mass is 32.2. The average Bonchev–Trinajstić information content (AvgIpc) is 2.91. The molecule has 1 aromatic heterocycles. The number of rotatable bonds is 4. The van der Waals surface area contributed by atoms with Crippen LogP contribution >= 0.6 is 11.8 Å². The molecule has 154 valence electrons. The zero-order chi connectivity index (χ0) is 21.8. The molecule has 4 rings (SSSR count). The van der Waals surface area contributed by atoms with Crippen molar-refractivity contribution in [2.75, 3.05) is 23.9 Å². The maximum atomic E-state index is 13.2. The Bertz CT molecular complexity index is 1210. The third kappa shape index (κ3) is 4.25. The van der Waals surface area contributed by atoms with Gasteiger partial charge in [-0.1, -0.05) is 29.8 Å². The minimum atomic E-state index is -0.279. The number of ether oxygens (including phenoxy) is 1. The summed E-state index contributed by atoms with van der Waals surface area (Å²) in [5, 5.41) is 2.89. The van der Waals surface area contributed by atoms with Crippen LogP contribution in [0.5, 0.6) is 5.88 Å². The van der Waals surface area contributed by atoms with Gasteiger partial charge in [0.05, 0.1) is 30.5 Å². The van der Waals surface area contributed by atoms with Crippen LogP contribution in [0.2, 0.25) is 0 Å².